The monoisotopic (exact) mass is 661 g/mol. The second-order valence-corrected chi connectivity index (χ2v) is 13.1. The maximum atomic E-state index is 14.8. The van der Waals surface area contributed by atoms with Gasteiger partial charge in [-0.05, 0) is 100 Å². The molecule has 0 saturated carbocycles. The molecule has 0 radical (unpaired) electrons. The maximum Gasteiger partial charge on any atom is 0.167 e. The molecule has 242 valence electrons. The molecule has 6 nitrogen and oxygen atoms in total. The summed E-state index contributed by atoms with van der Waals surface area (Å²) in [7, 11) is 1.42. The fourth-order valence-corrected chi connectivity index (χ4v) is 5.33. The first-order chi connectivity index (χ1) is 21.1. The van der Waals surface area contributed by atoms with Gasteiger partial charge in [0, 0.05) is 40.6 Å². The first-order valence-corrected chi connectivity index (χ1v) is 17.5. The van der Waals surface area contributed by atoms with E-state index < -0.39 is 5.82 Å². The number of nitrogens with one attached hydrogen (secondary N) is 1. The predicted octanol–water partition coefficient (Wildman–Crippen LogP) is 6.29. The number of halogens is 2. The van der Waals surface area contributed by atoms with Crippen LogP contribution in [0.15, 0.2) is 60.7 Å². The summed E-state index contributed by atoms with van der Waals surface area (Å²) in [6.45, 7) is 11.2. The smallest absolute Gasteiger partial charge is 0.167 e. The van der Waals surface area contributed by atoms with Gasteiger partial charge in [0.25, 0.3) is 0 Å². The van der Waals surface area contributed by atoms with Crippen LogP contribution in [0.25, 0.3) is 0 Å². The molecular formula is C34H49ClFNO5Si2. The summed E-state index contributed by atoms with van der Waals surface area (Å²) in [4.78, 5) is 0. The van der Waals surface area contributed by atoms with E-state index >= 15 is 0 Å². The van der Waals surface area contributed by atoms with Gasteiger partial charge in [0.1, 0.15) is 21.0 Å². The standard InChI is InChI=1S/C34H49ClFNO5Si2/c1-22(2)40-33-13-11-30(21-31(33)36)37-32-12-8-27(20-28(32)19-26-6-9-29(35)10-7-26)18-23(3)34(38-16-14-24(4)41-43)39-17-15-25(5)42-44/h6-13,20-25,34,37H,14-19H2,1-5,43-44H3. The molecular weight excluding hydrogens is 613 g/mol. The van der Waals surface area contributed by atoms with E-state index in [2.05, 4.69) is 44.3 Å². The Labute approximate surface area is 274 Å². The predicted molar refractivity (Wildman–Crippen MR) is 185 cm³/mol. The fraction of sp³-hybridized carbons (Fsp3) is 0.471. The van der Waals surface area contributed by atoms with Gasteiger partial charge in [-0.1, -0.05) is 42.8 Å². The number of rotatable bonds is 19. The van der Waals surface area contributed by atoms with Crippen molar-refractivity contribution in [2.75, 3.05) is 18.5 Å². The first kappa shape index (κ1) is 36.2. The van der Waals surface area contributed by atoms with Crippen molar-refractivity contribution in [3.63, 3.8) is 0 Å². The molecule has 0 aromatic heterocycles. The Morgan fingerprint density at radius 3 is 1.98 bits per heavy atom. The Morgan fingerprint density at radius 1 is 0.795 bits per heavy atom. The molecule has 10 heteroatoms. The number of hydrogen-bond acceptors (Lipinski definition) is 6. The second-order valence-electron chi connectivity index (χ2n) is 11.7. The van der Waals surface area contributed by atoms with Crippen molar-refractivity contribution in [3.05, 3.63) is 88.2 Å². The van der Waals surface area contributed by atoms with E-state index in [4.69, 9.17) is 34.7 Å². The lowest BCUT2D eigenvalue weighted by molar-refractivity contribution is -0.173. The zero-order valence-electron chi connectivity index (χ0n) is 27.2. The van der Waals surface area contributed by atoms with Gasteiger partial charge in [0.15, 0.2) is 17.9 Å². The van der Waals surface area contributed by atoms with Crippen molar-refractivity contribution in [3.8, 4) is 5.75 Å². The zero-order valence-corrected chi connectivity index (χ0v) is 32.0. The summed E-state index contributed by atoms with van der Waals surface area (Å²) >= 11 is 6.16. The minimum atomic E-state index is -0.400. The van der Waals surface area contributed by atoms with Crippen LogP contribution in [0.1, 0.15) is 64.2 Å². The third-order valence-electron chi connectivity index (χ3n) is 7.49. The molecule has 0 amide bonds. The molecule has 3 aromatic carbocycles. The van der Waals surface area contributed by atoms with Gasteiger partial charge in [0.05, 0.1) is 19.3 Å². The molecule has 44 heavy (non-hydrogen) atoms. The maximum absolute atomic E-state index is 14.8. The molecule has 0 saturated heterocycles. The van der Waals surface area contributed by atoms with Crippen molar-refractivity contribution in [1.82, 2.24) is 0 Å². The van der Waals surface area contributed by atoms with Crippen molar-refractivity contribution in [2.45, 2.75) is 84.9 Å². The van der Waals surface area contributed by atoms with Crippen LogP contribution in [0.3, 0.4) is 0 Å². The van der Waals surface area contributed by atoms with Gasteiger partial charge in [0.2, 0.25) is 0 Å². The largest absolute Gasteiger partial charge is 0.488 e. The van der Waals surface area contributed by atoms with Crippen LogP contribution in [0.5, 0.6) is 5.75 Å². The van der Waals surface area contributed by atoms with E-state index in [0.29, 0.717) is 51.3 Å². The SMILES string of the molecule is CC(C)Oc1ccc(Nc2ccc(CC(C)C(OCCC(C)O[SiH3])OCCC(C)O[SiH3])cc2Cc2ccc(Cl)cc2)cc1F. The summed E-state index contributed by atoms with van der Waals surface area (Å²) in [6, 6.07) is 19.2. The molecule has 0 fully saturated rings. The van der Waals surface area contributed by atoms with Crippen LogP contribution in [-0.4, -0.2) is 58.8 Å². The van der Waals surface area contributed by atoms with Gasteiger partial charge in [-0.2, -0.15) is 0 Å². The number of ether oxygens (including phenoxy) is 3. The van der Waals surface area contributed by atoms with Crippen molar-refractivity contribution in [1.29, 1.82) is 0 Å². The summed E-state index contributed by atoms with van der Waals surface area (Å²) in [5.41, 5.74) is 4.95. The lowest BCUT2D eigenvalue weighted by atomic mass is 9.95. The fourth-order valence-electron chi connectivity index (χ4n) is 4.73. The molecule has 3 atom stereocenters. The van der Waals surface area contributed by atoms with Crippen LogP contribution in [0.4, 0.5) is 15.8 Å². The molecule has 0 aliphatic heterocycles. The van der Waals surface area contributed by atoms with Crippen molar-refractivity contribution >= 4 is 43.9 Å². The van der Waals surface area contributed by atoms with Crippen LogP contribution in [0.2, 0.25) is 5.02 Å². The Morgan fingerprint density at radius 2 is 1.41 bits per heavy atom. The Balaban J connectivity index is 1.82. The van der Waals surface area contributed by atoms with Crippen LogP contribution in [-0.2, 0) is 31.2 Å². The normalized spacial score (nSPS) is 14.5. The molecule has 3 aromatic rings. The van der Waals surface area contributed by atoms with E-state index in [1.165, 1.54) is 11.6 Å². The molecule has 3 rings (SSSR count). The third kappa shape index (κ3) is 12.3. The molecule has 0 aliphatic carbocycles. The first-order valence-electron chi connectivity index (χ1n) is 15.5. The van der Waals surface area contributed by atoms with Gasteiger partial charge in [-0.15, -0.1) is 0 Å². The average molecular weight is 662 g/mol. The van der Waals surface area contributed by atoms with E-state index in [1.54, 1.807) is 6.07 Å². The average Bonchev–Trinajstić information content (AvgIpc) is 2.99. The number of benzene rings is 3. The van der Waals surface area contributed by atoms with Crippen LogP contribution in [0, 0.1) is 11.7 Å². The highest BCUT2D eigenvalue weighted by Gasteiger charge is 2.21. The summed E-state index contributed by atoms with van der Waals surface area (Å²) < 4.78 is 43.9. The number of anilines is 2. The van der Waals surface area contributed by atoms with E-state index in [9.17, 15) is 4.39 Å². The lowest BCUT2D eigenvalue weighted by Crippen LogP contribution is -2.29. The summed E-state index contributed by atoms with van der Waals surface area (Å²) in [6.07, 6.45) is 3.02. The van der Waals surface area contributed by atoms with Gasteiger partial charge in [-0.3, -0.25) is 0 Å². The Hall–Kier alpha value is -2.25. The molecule has 1 N–H and O–H groups in total. The molecule has 0 bridgehead atoms. The van der Waals surface area contributed by atoms with Crippen LogP contribution < -0.4 is 10.1 Å². The number of hydrogen-bond donors (Lipinski definition) is 1. The minimum absolute atomic E-state index is 0.106. The molecule has 0 aliphatic rings. The highest BCUT2D eigenvalue weighted by Crippen LogP contribution is 2.29. The molecule has 3 unspecified atom stereocenters. The minimum Gasteiger partial charge on any atom is -0.488 e. The molecule has 0 spiro atoms. The van der Waals surface area contributed by atoms with Crippen molar-refractivity contribution in [2.24, 2.45) is 5.92 Å². The van der Waals surface area contributed by atoms with Crippen LogP contribution >= 0.6 is 11.6 Å². The summed E-state index contributed by atoms with van der Waals surface area (Å²) in [5.74, 6) is -0.0464. The second kappa shape index (κ2) is 18.7. The van der Waals surface area contributed by atoms with Gasteiger partial charge in [-0.25, -0.2) is 4.39 Å². The van der Waals surface area contributed by atoms with Crippen molar-refractivity contribution < 1.29 is 27.5 Å². The van der Waals surface area contributed by atoms with E-state index in [0.717, 1.165) is 36.1 Å². The molecule has 0 heterocycles. The highest BCUT2D eigenvalue weighted by molar-refractivity contribution is 6.30. The van der Waals surface area contributed by atoms with E-state index in [-0.39, 0.29) is 36.3 Å². The van der Waals surface area contributed by atoms with E-state index in [1.807, 2.05) is 44.2 Å². The Bertz CT molecular complexity index is 1270. The quantitative estimate of drug-likeness (QED) is 0.120. The zero-order chi connectivity index (χ0) is 32.1. The highest BCUT2D eigenvalue weighted by atomic mass is 35.5. The third-order valence-corrected chi connectivity index (χ3v) is 9.35. The summed E-state index contributed by atoms with van der Waals surface area (Å²) in [5, 5.41) is 4.13. The van der Waals surface area contributed by atoms with Gasteiger partial charge < -0.3 is 28.4 Å². The lowest BCUT2D eigenvalue weighted by Gasteiger charge is -2.26. The Kier molecular flexibility index (Phi) is 15.4. The van der Waals surface area contributed by atoms with Gasteiger partial charge >= 0.3 is 0 Å². The topological polar surface area (TPSA) is 58.2 Å².